The average Bonchev–Trinajstić information content (AvgIpc) is 2.66. The van der Waals surface area contributed by atoms with Crippen LogP contribution in [-0.2, 0) is 4.74 Å². The normalized spacial score (nSPS) is 10.5. The lowest BCUT2D eigenvalue weighted by Crippen LogP contribution is -2.21. The van der Waals surface area contributed by atoms with Crippen molar-refractivity contribution >= 4 is 17.6 Å². The predicted molar refractivity (Wildman–Crippen MR) is 72.1 cm³/mol. The molecule has 0 aliphatic heterocycles. The van der Waals surface area contributed by atoms with E-state index in [-0.39, 0.29) is 12.2 Å². The van der Waals surface area contributed by atoms with Gasteiger partial charge in [-0.15, -0.1) is 0 Å². The van der Waals surface area contributed by atoms with Crippen molar-refractivity contribution in [1.29, 1.82) is 0 Å². The number of carbonyl (C=O) groups excluding carboxylic acids is 1. The van der Waals surface area contributed by atoms with Gasteiger partial charge in [-0.2, -0.15) is 0 Å². The smallest absolute Gasteiger partial charge is 0.345 e. The molecule has 1 heterocycles. The van der Waals surface area contributed by atoms with E-state index in [1.54, 1.807) is 38.1 Å². The van der Waals surface area contributed by atoms with Crippen LogP contribution in [0.15, 0.2) is 29.1 Å². The highest BCUT2D eigenvalue weighted by Gasteiger charge is 2.20. The first kappa shape index (κ1) is 13.4. The van der Waals surface area contributed by atoms with E-state index in [2.05, 4.69) is 5.10 Å². The first-order chi connectivity index (χ1) is 9.04. The Morgan fingerprint density at radius 2 is 2.00 bits per heavy atom. The molecule has 1 N–H and O–H groups in total. The van der Waals surface area contributed by atoms with Crippen molar-refractivity contribution in [1.82, 2.24) is 9.78 Å². The number of aromatic nitrogens is 2. The lowest BCUT2D eigenvalue weighted by atomic mass is 10.2. The molecule has 2 aromatic rings. The largest absolute Gasteiger partial charge is 0.462 e. The Labute approximate surface area is 114 Å². The predicted octanol–water partition coefficient (Wildman–Crippen LogP) is 2.30. The molecule has 0 saturated carbocycles. The Kier molecular flexibility index (Phi) is 3.76. The molecule has 1 aromatic carbocycles. The first-order valence-electron chi connectivity index (χ1n) is 5.79. The first-order valence-corrected chi connectivity index (χ1v) is 6.17. The zero-order valence-corrected chi connectivity index (χ0v) is 11.3. The minimum atomic E-state index is -0.617. The highest BCUT2D eigenvalue weighted by Crippen LogP contribution is 2.13. The second-order valence-electron chi connectivity index (χ2n) is 3.95. The van der Waals surface area contributed by atoms with Gasteiger partial charge in [-0.05, 0) is 38.1 Å². The van der Waals surface area contributed by atoms with E-state index in [9.17, 15) is 9.59 Å². The quantitative estimate of drug-likeness (QED) is 0.878. The van der Waals surface area contributed by atoms with Crippen LogP contribution in [-0.4, -0.2) is 22.4 Å². The zero-order valence-electron chi connectivity index (χ0n) is 10.6. The van der Waals surface area contributed by atoms with E-state index >= 15 is 0 Å². The van der Waals surface area contributed by atoms with Crippen LogP contribution in [0.4, 0.5) is 0 Å². The highest BCUT2D eigenvalue weighted by atomic mass is 35.5. The highest BCUT2D eigenvalue weighted by molar-refractivity contribution is 6.30. The molecular weight excluding hydrogens is 268 g/mol. The summed E-state index contributed by atoms with van der Waals surface area (Å²) in [5, 5.41) is 3.42. The number of nitrogens with zero attached hydrogens (tertiary/aromatic N) is 1. The third-order valence-electron chi connectivity index (χ3n) is 2.64. The lowest BCUT2D eigenvalue weighted by molar-refractivity contribution is 0.0524. The summed E-state index contributed by atoms with van der Waals surface area (Å²) < 4.78 is 6.15. The molecule has 6 heteroatoms. The van der Waals surface area contributed by atoms with Crippen molar-refractivity contribution in [2.45, 2.75) is 13.8 Å². The SMILES string of the molecule is CCOC(=O)c1c(C)[nH]n(-c2ccc(Cl)cc2)c1=O. The van der Waals surface area contributed by atoms with Gasteiger partial charge < -0.3 is 4.74 Å². The van der Waals surface area contributed by atoms with Gasteiger partial charge in [0, 0.05) is 10.7 Å². The molecule has 0 saturated heterocycles. The van der Waals surface area contributed by atoms with Gasteiger partial charge in [0.2, 0.25) is 0 Å². The van der Waals surface area contributed by atoms with Crippen molar-refractivity contribution in [2.24, 2.45) is 0 Å². The number of halogens is 1. The molecule has 0 aliphatic carbocycles. The molecule has 0 unspecified atom stereocenters. The molecule has 0 spiro atoms. The Hall–Kier alpha value is -2.01. The molecular formula is C13H13ClN2O3. The molecule has 100 valence electrons. The average molecular weight is 281 g/mol. The number of aromatic amines is 1. The third kappa shape index (κ3) is 2.56. The second-order valence-corrected chi connectivity index (χ2v) is 4.39. The Morgan fingerprint density at radius 3 is 2.58 bits per heavy atom. The van der Waals surface area contributed by atoms with E-state index in [1.807, 2.05) is 0 Å². The maximum absolute atomic E-state index is 12.2. The molecule has 19 heavy (non-hydrogen) atoms. The number of esters is 1. The minimum Gasteiger partial charge on any atom is -0.462 e. The Morgan fingerprint density at radius 1 is 1.37 bits per heavy atom. The van der Waals surface area contributed by atoms with Crippen LogP contribution in [0.1, 0.15) is 23.0 Å². The monoisotopic (exact) mass is 280 g/mol. The van der Waals surface area contributed by atoms with Gasteiger partial charge in [-0.3, -0.25) is 9.89 Å². The molecule has 1 aromatic heterocycles. The van der Waals surface area contributed by atoms with E-state index in [0.717, 1.165) is 0 Å². The Bertz CT molecular complexity index is 656. The summed E-state index contributed by atoms with van der Waals surface area (Å²) in [5.41, 5.74) is 0.668. The fraction of sp³-hybridized carbons (Fsp3) is 0.231. The summed E-state index contributed by atoms with van der Waals surface area (Å²) >= 11 is 5.80. The van der Waals surface area contributed by atoms with Gasteiger partial charge in [-0.1, -0.05) is 11.6 Å². The van der Waals surface area contributed by atoms with E-state index < -0.39 is 11.5 Å². The number of carbonyl (C=O) groups is 1. The number of hydrogen-bond acceptors (Lipinski definition) is 3. The number of hydrogen-bond donors (Lipinski definition) is 1. The molecule has 0 atom stereocenters. The molecule has 0 fully saturated rings. The van der Waals surface area contributed by atoms with Gasteiger partial charge in [0.05, 0.1) is 12.3 Å². The molecule has 0 radical (unpaired) electrons. The molecule has 0 bridgehead atoms. The lowest BCUT2D eigenvalue weighted by Gasteiger charge is -2.00. The number of H-pyrrole nitrogens is 1. The summed E-state index contributed by atoms with van der Waals surface area (Å²) in [6.07, 6.45) is 0. The van der Waals surface area contributed by atoms with Gasteiger partial charge in [0.25, 0.3) is 5.56 Å². The van der Waals surface area contributed by atoms with Crippen LogP contribution in [0.2, 0.25) is 5.02 Å². The minimum absolute atomic E-state index is 0.0248. The van der Waals surface area contributed by atoms with Gasteiger partial charge in [0.1, 0.15) is 5.56 Å². The van der Waals surface area contributed by atoms with E-state index in [4.69, 9.17) is 16.3 Å². The van der Waals surface area contributed by atoms with Gasteiger partial charge in [-0.25, -0.2) is 9.48 Å². The molecule has 0 aliphatic rings. The number of rotatable bonds is 3. The summed E-state index contributed by atoms with van der Waals surface area (Å²) in [6.45, 7) is 3.57. The maximum atomic E-state index is 12.2. The van der Waals surface area contributed by atoms with Crippen molar-refractivity contribution in [3.63, 3.8) is 0 Å². The third-order valence-corrected chi connectivity index (χ3v) is 2.89. The van der Waals surface area contributed by atoms with Crippen molar-refractivity contribution in [2.75, 3.05) is 6.61 Å². The fourth-order valence-corrected chi connectivity index (χ4v) is 1.89. The van der Waals surface area contributed by atoms with Crippen molar-refractivity contribution < 1.29 is 9.53 Å². The topological polar surface area (TPSA) is 64.1 Å². The number of ether oxygens (including phenoxy) is 1. The van der Waals surface area contributed by atoms with E-state index in [1.165, 1.54) is 4.68 Å². The molecule has 2 rings (SSSR count). The Balaban J connectivity index is 2.50. The summed E-state index contributed by atoms with van der Waals surface area (Å²) in [4.78, 5) is 23.9. The molecule has 5 nitrogen and oxygen atoms in total. The van der Waals surface area contributed by atoms with Crippen LogP contribution in [0.5, 0.6) is 0 Å². The number of nitrogens with one attached hydrogen (secondary N) is 1. The maximum Gasteiger partial charge on any atom is 0.345 e. The van der Waals surface area contributed by atoms with Crippen LogP contribution in [0.3, 0.4) is 0 Å². The van der Waals surface area contributed by atoms with Crippen molar-refractivity contribution in [3.8, 4) is 5.69 Å². The standard InChI is InChI=1S/C13H13ClN2O3/c1-3-19-13(18)11-8(2)15-16(12(11)17)10-6-4-9(14)5-7-10/h4-7,15H,3H2,1-2H3. The van der Waals surface area contributed by atoms with Gasteiger partial charge in [0.15, 0.2) is 0 Å². The molecule has 0 amide bonds. The van der Waals surface area contributed by atoms with Crippen LogP contribution in [0, 0.1) is 6.92 Å². The number of aryl methyl sites for hydroxylation is 1. The second kappa shape index (κ2) is 5.32. The van der Waals surface area contributed by atoms with Crippen molar-refractivity contribution in [3.05, 3.63) is 50.9 Å². The van der Waals surface area contributed by atoms with Gasteiger partial charge >= 0.3 is 5.97 Å². The van der Waals surface area contributed by atoms with Crippen LogP contribution >= 0.6 is 11.6 Å². The summed E-state index contributed by atoms with van der Waals surface area (Å²) in [6, 6.07) is 6.72. The van der Waals surface area contributed by atoms with Crippen LogP contribution in [0.25, 0.3) is 5.69 Å². The zero-order chi connectivity index (χ0) is 14.0. The van der Waals surface area contributed by atoms with E-state index in [0.29, 0.717) is 16.4 Å². The number of benzene rings is 1. The summed E-state index contributed by atoms with van der Waals surface area (Å²) in [5.74, 6) is -0.617. The van der Waals surface area contributed by atoms with Crippen LogP contribution < -0.4 is 5.56 Å². The fourth-order valence-electron chi connectivity index (χ4n) is 1.76. The summed E-state index contributed by atoms with van der Waals surface area (Å²) in [7, 11) is 0.